The highest BCUT2D eigenvalue weighted by atomic mass is 14.7. The van der Waals surface area contributed by atoms with Crippen LogP contribution in [-0.4, -0.2) is 12.8 Å². The highest BCUT2D eigenvalue weighted by Gasteiger charge is 1.96. The molecule has 60 valence electrons. The van der Waals surface area contributed by atoms with Crippen LogP contribution in [0.1, 0.15) is 0 Å². The van der Waals surface area contributed by atoms with Crippen molar-refractivity contribution in [1.82, 2.24) is 4.98 Å². The smallest absolute Gasteiger partial charge is 0.141 e. The monoisotopic (exact) mass is 165 g/mol. The topological polar surface area (TPSA) is 12.9 Å². The van der Waals surface area contributed by atoms with Crippen LogP contribution in [0.4, 0.5) is 0 Å². The lowest BCUT2D eigenvalue weighted by molar-refractivity contribution is 1.38. The van der Waals surface area contributed by atoms with Crippen LogP contribution in [0.5, 0.6) is 0 Å². The van der Waals surface area contributed by atoms with Crippen molar-refractivity contribution in [2.45, 2.75) is 0 Å². The van der Waals surface area contributed by atoms with Crippen LogP contribution in [0.2, 0.25) is 0 Å². The van der Waals surface area contributed by atoms with Gasteiger partial charge in [-0.1, -0.05) is 42.5 Å². The molecule has 13 heavy (non-hydrogen) atoms. The predicted octanol–water partition coefficient (Wildman–Crippen LogP) is 1.54. The summed E-state index contributed by atoms with van der Waals surface area (Å²) in [7, 11) is 5.58. The Bertz CT molecular complexity index is 398. The van der Waals surface area contributed by atoms with E-state index in [1.807, 2.05) is 42.5 Å². The standard InChI is InChI=1S/C11H8BN/c12-11-8-4-7-10(13-11)9-5-2-1-3-6-9/h1-8H. The van der Waals surface area contributed by atoms with Gasteiger partial charge in [0.2, 0.25) is 0 Å². The third-order valence-corrected chi connectivity index (χ3v) is 1.84. The summed E-state index contributed by atoms with van der Waals surface area (Å²) < 4.78 is 0. The zero-order valence-electron chi connectivity index (χ0n) is 7.14. The van der Waals surface area contributed by atoms with E-state index in [4.69, 9.17) is 7.85 Å². The summed E-state index contributed by atoms with van der Waals surface area (Å²) in [6, 6.07) is 15.6. The summed E-state index contributed by atoms with van der Waals surface area (Å²) >= 11 is 0. The van der Waals surface area contributed by atoms with E-state index in [2.05, 4.69) is 4.98 Å². The molecule has 0 saturated heterocycles. The first-order valence-corrected chi connectivity index (χ1v) is 4.14. The molecule has 0 saturated carbocycles. The first-order valence-electron chi connectivity index (χ1n) is 4.14. The Morgan fingerprint density at radius 3 is 2.31 bits per heavy atom. The average molecular weight is 165 g/mol. The van der Waals surface area contributed by atoms with E-state index in [-0.39, 0.29) is 0 Å². The van der Waals surface area contributed by atoms with Crippen molar-refractivity contribution in [3.8, 4) is 11.3 Å². The first kappa shape index (κ1) is 8.05. The Morgan fingerprint density at radius 2 is 1.62 bits per heavy atom. The molecule has 0 fully saturated rings. The van der Waals surface area contributed by atoms with Crippen molar-refractivity contribution in [2.75, 3.05) is 0 Å². The highest BCUT2D eigenvalue weighted by Crippen LogP contribution is 2.13. The Labute approximate surface area is 78.9 Å². The van der Waals surface area contributed by atoms with Gasteiger partial charge in [0.25, 0.3) is 0 Å². The molecule has 0 amide bonds. The molecule has 2 heteroatoms. The molecule has 2 radical (unpaired) electrons. The predicted molar refractivity (Wildman–Crippen MR) is 55.1 cm³/mol. The van der Waals surface area contributed by atoms with Gasteiger partial charge in [-0.3, -0.25) is 4.98 Å². The zero-order chi connectivity index (χ0) is 9.10. The summed E-state index contributed by atoms with van der Waals surface area (Å²) in [5.74, 6) is 0. The number of nitrogens with zero attached hydrogens (tertiary/aromatic N) is 1. The molecule has 0 N–H and O–H groups in total. The van der Waals surface area contributed by atoms with E-state index in [0.29, 0.717) is 5.59 Å². The Kier molecular flexibility index (Phi) is 2.13. The van der Waals surface area contributed by atoms with E-state index in [9.17, 15) is 0 Å². The summed E-state index contributed by atoms with van der Waals surface area (Å²) in [4.78, 5) is 4.22. The quantitative estimate of drug-likeness (QED) is 0.584. The van der Waals surface area contributed by atoms with Crippen LogP contribution in [-0.2, 0) is 0 Å². The summed E-state index contributed by atoms with van der Waals surface area (Å²) in [5.41, 5.74) is 2.57. The van der Waals surface area contributed by atoms with Crippen molar-refractivity contribution < 1.29 is 0 Å². The van der Waals surface area contributed by atoms with E-state index in [1.165, 1.54) is 0 Å². The van der Waals surface area contributed by atoms with Crippen LogP contribution in [0.15, 0.2) is 48.5 Å². The molecule has 1 aromatic heterocycles. The van der Waals surface area contributed by atoms with Crippen LogP contribution in [0.25, 0.3) is 11.3 Å². The Morgan fingerprint density at radius 1 is 0.846 bits per heavy atom. The molecule has 1 heterocycles. The third kappa shape index (κ3) is 1.78. The fourth-order valence-electron chi connectivity index (χ4n) is 1.22. The van der Waals surface area contributed by atoms with Gasteiger partial charge >= 0.3 is 0 Å². The minimum Gasteiger partial charge on any atom is -0.264 e. The van der Waals surface area contributed by atoms with Gasteiger partial charge in [-0.05, 0) is 11.7 Å². The molecule has 0 aliphatic carbocycles. The molecule has 0 aliphatic rings. The van der Waals surface area contributed by atoms with Crippen molar-refractivity contribution in [3.63, 3.8) is 0 Å². The third-order valence-electron chi connectivity index (χ3n) is 1.84. The second kappa shape index (κ2) is 3.44. The molecular formula is C11H8BN. The largest absolute Gasteiger partial charge is 0.264 e. The van der Waals surface area contributed by atoms with E-state index in [0.717, 1.165) is 11.3 Å². The number of aromatic nitrogens is 1. The SMILES string of the molecule is [B]c1cccc(-c2ccccc2)n1. The number of benzene rings is 1. The summed E-state index contributed by atoms with van der Waals surface area (Å²) in [6.07, 6.45) is 0. The maximum atomic E-state index is 5.58. The average Bonchev–Trinajstić information content (AvgIpc) is 2.19. The molecule has 0 aliphatic heterocycles. The highest BCUT2D eigenvalue weighted by molar-refractivity contribution is 6.30. The van der Waals surface area contributed by atoms with E-state index < -0.39 is 0 Å². The fraction of sp³-hybridized carbons (Fsp3) is 0. The van der Waals surface area contributed by atoms with Crippen molar-refractivity contribution in [2.24, 2.45) is 0 Å². The second-order valence-electron chi connectivity index (χ2n) is 2.81. The van der Waals surface area contributed by atoms with E-state index >= 15 is 0 Å². The number of rotatable bonds is 1. The van der Waals surface area contributed by atoms with Gasteiger partial charge in [-0.2, -0.15) is 0 Å². The van der Waals surface area contributed by atoms with Crippen LogP contribution >= 0.6 is 0 Å². The fourth-order valence-corrected chi connectivity index (χ4v) is 1.22. The summed E-state index contributed by atoms with van der Waals surface area (Å²) in [6.45, 7) is 0. The molecular weight excluding hydrogens is 157 g/mol. The number of pyridine rings is 1. The van der Waals surface area contributed by atoms with Gasteiger partial charge in [-0.25, -0.2) is 0 Å². The summed E-state index contributed by atoms with van der Waals surface area (Å²) in [5, 5.41) is 0. The maximum Gasteiger partial charge on any atom is 0.141 e. The lowest BCUT2D eigenvalue weighted by Gasteiger charge is -2.00. The minimum atomic E-state index is 0.557. The lowest BCUT2D eigenvalue weighted by atomic mass is 10.0. The van der Waals surface area contributed by atoms with Crippen molar-refractivity contribution in [3.05, 3.63) is 48.5 Å². The van der Waals surface area contributed by atoms with Crippen LogP contribution in [0, 0.1) is 0 Å². The minimum absolute atomic E-state index is 0.557. The van der Waals surface area contributed by atoms with Crippen LogP contribution < -0.4 is 5.59 Å². The van der Waals surface area contributed by atoms with Gasteiger partial charge < -0.3 is 0 Å². The molecule has 0 bridgehead atoms. The zero-order valence-corrected chi connectivity index (χ0v) is 7.14. The van der Waals surface area contributed by atoms with Crippen molar-refractivity contribution in [1.29, 1.82) is 0 Å². The van der Waals surface area contributed by atoms with Crippen molar-refractivity contribution >= 4 is 13.4 Å². The molecule has 0 atom stereocenters. The Hall–Kier alpha value is -1.57. The van der Waals surface area contributed by atoms with Gasteiger partial charge in [-0.15, -0.1) is 0 Å². The van der Waals surface area contributed by atoms with Gasteiger partial charge in [0.05, 0.1) is 5.69 Å². The molecule has 2 aromatic rings. The molecule has 0 unspecified atom stereocenters. The second-order valence-corrected chi connectivity index (χ2v) is 2.81. The molecule has 1 aromatic carbocycles. The van der Waals surface area contributed by atoms with E-state index in [1.54, 1.807) is 6.07 Å². The molecule has 2 rings (SSSR count). The maximum absolute atomic E-state index is 5.58. The van der Waals surface area contributed by atoms with Gasteiger partial charge in [0.1, 0.15) is 7.85 Å². The molecule has 0 spiro atoms. The number of hydrogen-bond donors (Lipinski definition) is 0. The van der Waals surface area contributed by atoms with Crippen LogP contribution in [0.3, 0.4) is 0 Å². The first-order chi connectivity index (χ1) is 6.36. The van der Waals surface area contributed by atoms with Gasteiger partial charge in [0, 0.05) is 5.56 Å². The molecule has 1 nitrogen and oxygen atoms in total. The number of hydrogen-bond acceptors (Lipinski definition) is 1. The van der Waals surface area contributed by atoms with Gasteiger partial charge in [0.15, 0.2) is 0 Å². The lowest BCUT2D eigenvalue weighted by Crippen LogP contribution is -2.07. The normalized spacial score (nSPS) is 9.85. The Balaban J connectivity index is 2.48.